The Morgan fingerprint density at radius 3 is 2.50 bits per heavy atom. The third-order valence-electron chi connectivity index (χ3n) is 5.65. The fourth-order valence-electron chi connectivity index (χ4n) is 4.04. The number of carbonyl (C=O) groups excluding carboxylic acids is 2. The van der Waals surface area contributed by atoms with Gasteiger partial charge in [0, 0.05) is 12.6 Å². The Morgan fingerprint density at radius 2 is 1.81 bits per heavy atom. The summed E-state index contributed by atoms with van der Waals surface area (Å²) in [6.45, 7) is 2.17. The first kappa shape index (κ1) is 16.8. The topological polar surface area (TPSA) is 66.7 Å². The molecule has 2 heterocycles. The van der Waals surface area contributed by atoms with Gasteiger partial charge in [0.25, 0.3) is 5.91 Å². The normalized spacial score (nSPS) is 19.6. The zero-order valence-electron chi connectivity index (χ0n) is 15.2. The molecule has 1 aromatic carbocycles. The van der Waals surface area contributed by atoms with E-state index in [9.17, 15) is 9.59 Å². The minimum absolute atomic E-state index is 0.0930. The Hall–Kier alpha value is -2.63. The number of oxazole rings is 1. The predicted molar refractivity (Wildman–Crippen MR) is 96.2 cm³/mol. The lowest BCUT2D eigenvalue weighted by molar-refractivity contribution is -0.134. The van der Waals surface area contributed by atoms with Crippen LogP contribution in [0.15, 0.2) is 34.9 Å². The summed E-state index contributed by atoms with van der Waals surface area (Å²) in [5.41, 5.74) is 1.97. The van der Waals surface area contributed by atoms with Crippen molar-refractivity contribution in [3.05, 3.63) is 41.8 Å². The number of benzene rings is 1. The number of aryl methyl sites for hydroxylation is 1. The number of amides is 3. The summed E-state index contributed by atoms with van der Waals surface area (Å²) in [7, 11) is 1.74. The first-order chi connectivity index (χ1) is 12.5. The highest BCUT2D eigenvalue weighted by Crippen LogP contribution is 2.39. The highest BCUT2D eigenvalue weighted by atomic mass is 16.3. The molecule has 1 aliphatic carbocycles. The van der Waals surface area contributed by atoms with Crippen LogP contribution >= 0.6 is 0 Å². The summed E-state index contributed by atoms with van der Waals surface area (Å²) in [6.07, 6.45) is 6.12. The molecule has 4 rings (SSSR count). The number of carbonyl (C=O) groups is 2. The van der Waals surface area contributed by atoms with E-state index < -0.39 is 5.54 Å². The van der Waals surface area contributed by atoms with Gasteiger partial charge in [0.15, 0.2) is 0 Å². The van der Waals surface area contributed by atoms with E-state index in [0.29, 0.717) is 11.6 Å². The van der Waals surface area contributed by atoms with Crippen LogP contribution in [0.1, 0.15) is 43.4 Å². The molecule has 6 nitrogen and oxygen atoms in total. The highest BCUT2D eigenvalue weighted by Gasteiger charge is 2.55. The van der Waals surface area contributed by atoms with E-state index in [0.717, 1.165) is 43.2 Å². The van der Waals surface area contributed by atoms with E-state index in [1.54, 1.807) is 11.9 Å². The second-order valence-corrected chi connectivity index (χ2v) is 7.34. The molecular formula is C20H23N3O3. The molecule has 1 saturated heterocycles. The molecule has 1 saturated carbocycles. The number of imide groups is 1. The molecular weight excluding hydrogens is 330 g/mol. The monoisotopic (exact) mass is 353 g/mol. The van der Waals surface area contributed by atoms with Crippen LogP contribution in [0, 0.1) is 6.92 Å². The molecule has 26 heavy (non-hydrogen) atoms. The molecule has 6 heteroatoms. The van der Waals surface area contributed by atoms with Crippen molar-refractivity contribution >= 4 is 11.9 Å². The van der Waals surface area contributed by atoms with Crippen molar-refractivity contribution < 1.29 is 14.0 Å². The summed E-state index contributed by atoms with van der Waals surface area (Å²) in [5, 5.41) is 0. The van der Waals surface area contributed by atoms with E-state index in [2.05, 4.69) is 4.98 Å². The molecule has 2 fully saturated rings. The second kappa shape index (κ2) is 6.27. The van der Waals surface area contributed by atoms with E-state index in [1.807, 2.05) is 31.2 Å². The van der Waals surface area contributed by atoms with Crippen LogP contribution < -0.4 is 0 Å². The number of hydrogen-bond donors (Lipinski definition) is 0. The van der Waals surface area contributed by atoms with Gasteiger partial charge in [-0.05, 0) is 31.9 Å². The van der Waals surface area contributed by atoms with Crippen molar-refractivity contribution in [2.24, 2.45) is 0 Å². The number of urea groups is 1. The molecule has 1 spiro atoms. The van der Waals surface area contributed by atoms with Crippen LogP contribution in [0.4, 0.5) is 4.79 Å². The number of likely N-dealkylation sites (N-methyl/N-ethyl adjacent to an activating group) is 1. The standard InChI is InChI=1S/C20H23N3O3/c1-14-6-8-15(9-7-14)17-21-16(13-26-17)12-23-18(24)20(22(2)19(23)25)10-4-3-5-11-20/h6-9,13H,3-5,10-12H2,1-2H3. The van der Waals surface area contributed by atoms with Crippen molar-refractivity contribution in [1.29, 1.82) is 0 Å². The minimum atomic E-state index is -0.654. The summed E-state index contributed by atoms with van der Waals surface area (Å²) >= 11 is 0. The van der Waals surface area contributed by atoms with Gasteiger partial charge in [-0.25, -0.2) is 9.78 Å². The maximum Gasteiger partial charge on any atom is 0.327 e. The molecule has 1 aliphatic heterocycles. The lowest BCUT2D eigenvalue weighted by Crippen LogP contribution is -2.49. The van der Waals surface area contributed by atoms with Crippen LogP contribution in [0.25, 0.3) is 11.5 Å². The highest BCUT2D eigenvalue weighted by molar-refractivity contribution is 6.06. The Bertz CT molecular complexity index is 834. The van der Waals surface area contributed by atoms with Gasteiger partial charge in [0.2, 0.25) is 5.89 Å². The maximum absolute atomic E-state index is 13.0. The van der Waals surface area contributed by atoms with Crippen molar-refractivity contribution in [1.82, 2.24) is 14.8 Å². The Labute approximate surface area is 152 Å². The molecule has 136 valence electrons. The Morgan fingerprint density at radius 1 is 1.12 bits per heavy atom. The zero-order valence-corrected chi connectivity index (χ0v) is 15.2. The fraction of sp³-hybridized carbons (Fsp3) is 0.450. The van der Waals surface area contributed by atoms with Crippen molar-refractivity contribution in [3.63, 3.8) is 0 Å². The van der Waals surface area contributed by atoms with Crippen LogP contribution in [0.5, 0.6) is 0 Å². The first-order valence-corrected chi connectivity index (χ1v) is 9.12. The first-order valence-electron chi connectivity index (χ1n) is 9.12. The van der Waals surface area contributed by atoms with Crippen molar-refractivity contribution in [3.8, 4) is 11.5 Å². The van der Waals surface area contributed by atoms with Gasteiger partial charge in [0.1, 0.15) is 11.8 Å². The number of nitrogens with zero attached hydrogens (tertiary/aromatic N) is 3. The molecule has 0 radical (unpaired) electrons. The van der Waals surface area contributed by atoms with Crippen LogP contribution in [-0.2, 0) is 11.3 Å². The third kappa shape index (κ3) is 2.60. The number of rotatable bonds is 3. The Kier molecular flexibility index (Phi) is 4.05. The average molecular weight is 353 g/mol. The summed E-state index contributed by atoms with van der Waals surface area (Å²) in [4.78, 5) is 33.1. The van der Waals surface area contributed by atoms with Gasteiger partial charge in [-0.1, -0.05) is 37.0 Å². The third-order valence-corrected chi connectivity index (χ3v) is 5.65. The Balaban J connectivity index is 1.55. The van der Waals surface area contributed by atoms with Gasteiger partial charge in [0.05, 0.1) is 12.2 Å². The van der Waals surface area contributed by atoms with E-state index >= 15 is 0 Å². The van der Waals surface area contributed by atoms with Gasteiger partial charge in [-0.15, -0.1) is 0 Å². The smallest absolute Gasteiger partial charge is 0.327 e. The van der Waals surface area contributed by atoms with Crippen molar-refractivity contribution in [2.75, 3.05) is 7.05 Å². The quantitative estimate of drug-likeness (QED) is 0.788. The molecule has 0 N–H and O–H groups in total. The second-order valence-electron chi connectivity index (χ2n) is 7.34. The summed E-state index contributed by atoms with van der Waals surface area (Å²) < 4.78 is 5.56. The average Bonchev–Trinajstić information content (AvgIpc) is 3.19. The molecule has 2 aromatic rings. The van der Waals surface area contributed by atoms with Crippen LogP contribution in [0.2, 0.25) is 0 Å². The van der Waals surface area contributed by atoms with Crippen molar-refractivity contribution in [2.45, 2.75) is 51.1 Å². The van der Waals surface area contributed by atoms with E-state index in [4.69, 9.17) is 4.42 Å². The van der Waals surface area contributed by atoms with E-state index in [-0.39, 0.29) is 18.5 Å². The summed E-state index contributed by atoms with van der Waals surface area (Å²) in [5.74, 6) is 0.407. The number of aromatic nitrogens is 1. The molecule has 0 atom stereocenters. The van der Waals surface area contributed by atoms with Crippen LogP contribution in [-0.4, -0.2) is 39.3 Å². The molecule has 1 aromatic heterocycles. The van der Waals surface area contributed by atoms with Gasteiger partial charge >= 0.3 is 6.03 Å². The van der Waals surface area contributed by atoms with Gasteiger partial charge in [-0.3, -0.25) is 9.69 Å². The largest absolute Gasteiger partial charge is 0.444 e. The van der Waals surface area contributed by atoms with Gasteiger partial charge < -0.3 is 9.32 Å². The molecule has 2 aliphatic rings. The molecule has 0 bridgehead atoms. The van der Waals surface area contributed by atoms with Crippen LogP contribution in [0.3, 0.4) is 0 Å². The predicted octanol–water partition coefficient (Wildman–Crippen LogP) is 3.75. The maximum atomic E-state index is 13.0. The number of hydrogen-bond acceptors (Lipinski definition) is 4. The SMILES string of the molecule is Cc1ccc(-c2nc(CN3C(=O)N(C)C4(CCCCC4)C3=O)co2)cc1. The molecule has 3 amide bonds. The van der Waals surface area contributed by atoms with E-state index in [1.165, 1.54) is 11.2 Å². The zero-order chi connectivity index (χ0) is 18.3. The fourth-order valence-corrected chi connectivity index (χ4v) is 4.04. The lowest BCUT2D eigenvalue weighted by atomic mass is 9.81. The summed E-state index contributed by atoms with van der Waals surface area (Å²) in [6, 6.07) is 7.64. The lowest BCUT2D eigenvalue weighted by Gasteiger charge is -2.35. The minimum Gasteiger partial charge on any atom is -0.444 e. The van der Waals surface area contributed by atoms with Gasteiger partial charge in [-0.2, -0.15) is 0 Å². The molecule has 0 unspecified atom stereocenters.